The van der Waals surface area contributed by atoms with Crippen LogP contribution in [0.1, 0.15) is 35.4 Å². The number of ether oxygens (including phenoxy) is 2. The Kier molecular flexibility index (Phi) is 4.53. The van der Waals surface area contributed by atoms with Crippen LogP contribution in [0.4, 0.5) is 0 Å². The quantitative estimate of drug-likeness (QED) is 0.876. The number of amides is 1. The summed E-state index contributed by atoms with van der Waals surface area (Å²) < 4.78 is 11.2. The number of likely N-dealkylation sites (tertiary alicyclic amines) is 1. The lowest BCUT2D eigenvalue weighted by Gasteiger charge is -2.32. The van der Waals surface area contributed by atoms with E-state index in [-0.39, 0.29) is 5.91 Å². The van der Waals surface area contributed by atoms with E-state index in [2.05, 4.69) is 10.2 Å². The van der Waals surface area contributed by atoms with Crippen LogP contribution < -0.4 is 14.8 Å². The Labute approximate surface area is 163 Å². The van der Waals surface area contributed by atoms with E-state index in [0.29, 0.717) is 19.3 Å². The van der Waals surface area contributed by atoms with Gasteiger partial charge < -0.3 is 19.7 Å². The summed E-state index contributed by atoms with van der Waals surface area (Å²) in [5, 5.41) is 3.23. The molecular formula is C21H24N2O3S. The Morgan fingerprint density at radius 2 is 1.78 bits per heavy atom. The minimum Gasteiger partial charge on any atom is -0.486 e. The largest absolute Gasteiger partial charge is 0.486 e. The molecule has 5 rings (SSSR count). The van der Waals surface area contributed by atoms with E-state index in [1.165, 1.54) is 24.2 Å². The van der Waals surface area contributed by atoms with Gasteiger partial charge in [0.05, 0.1) is 4.88 Å². The van der Waals surface area contributed by atoms with Gasteiger partial charge in [-0.1, -0.05) is 0 Å². The lowest BCUT2D eigenvalue weighted by atomic mass is 10.0. The highest BCUT2D eigenvalue weighted by atomic mass is 32.1. The van der Waals surface area contributed by atoms with Gasteiger partial charge in [-0.05, 0) is 61.6 Å². The fourth-order valence-electron chi connectivity index (χ4n) is 3.92. The van der Waals surface area contributed by atoms with E-state index in [1.807, 2.05) is 30.3 Å². The zero-order valence-electron chi connectivity index (χ0n) is 15.3. The van der Waals surface area contributed by atoms with Crippen molar-refractivity contribution in [3.8, 4) is 21.9 Å². The first-order chi connectivity index (χ1) is 13.3. The maximum Gasteiger partial charge on any atom is 0.261 e. The number of carbonyl (C=O) groups excluding carboxylic acids is 1. The van der Waals surface area contributed by atoms with Gasteiger partial charge in [-0.2, -0.15) is 0 Å². The number of nitrogens with one attached hydrogen (secondary N) is 1. The number of piperidine rings is 1. The molecule has 1 aromatic carbocycles. The maximum atomic E-state index is 12.7. The van der Waals surface area contributed by atoms with Gasteiger partial charge >= 0.3 is 0 Å². The molecule has 3 aliphatic rings. The fraction of sp³-hybridized carbons (Fsp3) is 0.476. The summed E-state index contributed by atoms with van der Waals surface area (Å²) in [6, 6.07) is 11.0. The van der Waals surface area contributed by atoms with Gasteiger partial charge in [0.1, 0.15) is 13.2 Å². The minimum atomic E-state index is 0.0497. The second-order valence-corrected chi connectivity index (χ2v) is 8.62. The molecule has 1 amide bonds. The van der Waals surface area contributed by atoms with Gasteiger partial charge in [0, 0.05) is 30.1 Å². The molecular weight excluding hydrogens is 360 g/mol. The third-order valence-electron chi connectivity index (χ3n) is 5.58. The Bertz CT molecular complexity index is 838. The maximum absolute atomic E-state index is 12.7. The van der Waals surface area contributed by atoms with Crippen molar-refractivity contribution >= 4 is 17.2 Å². The minimum absolute atomic E-state index is 0.0497. The number of fused-ring (bicyclic) bond motifs is 1. The number of hydrogen-bond acceptors (Lipinski definition) is 5. The van der Waals surface area contributed by atoms with Crippen LogP contribution in [0, 0.1) is 0 Å². The van der Waals surface area contributed by atoms with Crippen LogP contribution in [0.5, 0.6) is 11.5 Å². The van der Waals surface area contributed by atoms with Gasteiger partial charge in [-0.25, -0.2) is 0 Å². The Balaban J connectivity index is 1.23. The first kappa shape index (κ1) is 17.1. The number of hydrogen-bond donors (Lipinski definition) is 1. The van der Waals surface area contributed by atoms with Gasteiger partial charge in [-0.3, -0.25) is 4.79 Å². The van der Waals surface area contributed by atoms with Crippen molar-refractivity contribution in [2.75, 3.05) is 26.3 Å². The normalized spacial score (nSPS) is 20.4. The summed E-state index contributed by atoms with van der Waals surface area (Å²) >= 11 is 1.53. The van der Waals surface area contributed by atoms with E-state index in [0.717, 1.165) is 58.8 Å². The number of nitrogens with zero attached hydrogens (tertiary/aromatic N) is 1. The number of benzene rings is 1. The van der Waals surface area contributed by atoms with Crippen LogP contribution in [0.15, 0.2) is 30.3 Å². The average Bonchev–Trinajstić information content (AvgIpc) is 3.44. The Hall–Kier alpha value is -2.05. The van der Waals surface area contributed by atoms with Crippen LogP contribution in [0.25, 0.3) is 10.4 Å². The molecule has 0 unspecified atom stereocenters. The van der Waals surface area contributed by atoms with Crippen molar-refractivity contribution in [2.24, 2.45) is 0 Å². The topological polar surface area (TPSA) is 50.8 Å². The third kappa shape index (κ3) is 3.69. The van der Waals surface area contributed by atoms with Crippen molar-refractivity contribution in [3.05, 3.63) is 35.2 Å². The van der Waals surface area contributed by atoms with Gasteiger partial charge in [-0.15, -0.1) is 11.3 Å². The molecule has 0 spiro atoms. The highest BCUT2D eigenvalue weighted by Crippen LogP contribution is 2.37. The second kappa shape index (κ2) is 7.17. The molecule has 0 radical (unpaired) electrons. The molecule has 142 valence electrons. The third-order valence-corrected chi connectivity index (χ3v) is 6.72. The van der Waals surface area contributed by atoms with Crippen molar-refractivity contribution in [1.82, 2.24) is 10.2 Å². The highest BCUT2D eigenvalue weighted by Gasteiger charge is 2.32. The van der Waals surface area contributed by atoms with E-state index in [1.54, 1.807) is 0 Å². The molecule has 0 bridgehead atoms. The molecule has 1 saturated heterocycles. The Morgan fingerprint density at radius 3 is 2.56 bits per heavy atom. The standard InChI is InChI=1S/C21H24N2O3S/c24-21(22-15-7-9-23(10-8-15)16-2-3-16)20-6-5-19(27-20)14-1-4-17-18(13-14)26-12-11-25-17/h1,4-6,13,15-16H,2-3,7-12H2,(H,22,24). The van der Waals surface area contributed by atoms with Gasteiger partial charge in [0.15, 0.2) is 11.5 Å². The molecule has 2 fully saturated rings. The number of carbonyl (C=O) groups is 1. The Morgan fingerprint density at radius 1 is 1.00 bits per heavy atom. The summed E-state index contributed by atoms with van der Waals surface area (Å²) in [6.07, 6.45) is 4.83. The molecule has 1 aliphatic carbocycles. The molecule has 3 heterocycles. The molecule has 2 aromatic rings. The smallest absolute Gasteiger partial charge is 0.261 e. The van der Waals surface area contributed by atoms with Crippen LogP contribution >= 0.6 is 11.3 Å². The van der Waals surface area contributed by atoms with Crippen LogP contribution in [0.3, 0.4) is 0 Å². The second-order valence-electron chi connectivity index (χ2n) is 7.54. The summed E-state index contributed by atoms with van der Waals surface area (Å²) in [5.41, 5.74) is 1.06. The molecule has 2 aliphatic heterocycles. The zero-order valence-corrected chi connectivity index (χ0v) is 16.1. The predicted octanol–water partition coefficient (Wildman–Crippen LogP) is 3.54. The predicted molar refractivity (Wildman–Crippen MR) is 106 cm³/mol. The monoisotopic (exact) mass is 384 g/mol. The van der Waals surface area contributed by atoms with Crippen molar-refractivity contribution in [3.63, 3.8) is 0 Å². The molecule has 5 nitrogen and oxygen atoms in total. The number of thiophene rings is 1. The fourth-order valence-corrected chi connectivity index (χ4v) is 4.82. The van der Waals surface area contributed by atoms with E-state index < -0.39 is 0 Å². The average molecular weight is 385 g/mol. The summed E-state index contributed by atoms with van der Waals surface area (Å²) in [6.45, 7) is 3.40. The lowest BCUT2D eigenvalue weighted by molar-refractivity contribution is 0.0913. The van der Waals surface area contributed by atoms with Crippen molar-refractivity contribution in [1.29, 1.82) is 0 Å². The van der Waals surface area contributed by atoms with E-state index >= 15 is 0 Å². The SMILES string of the molecule is O=C(NC1CCN(C2CC2)CC1)c1ccc(-c2ccc3c(c2)OCCO3)s1. The summed E-state index contributed by atoms with van der Waals surface area (Å²) in [5.74, 6) is 1.62. The first-order valence-corrected chi connectivity index (χ1v) is 10.6. The molecule has 1 N–H and O–H groups in total. The zero-order chi connectivity index (χ0) is 18.2. The van der Waals surface area contributed by atoms with Gasteiger partial charge in [0.25, 0.3) is 5.91 Å². The van der Waals surface area contributed by atoms with E-state index in [9.17, 15) is 4.79 Å². The van der Waals surface area contributed by atoms with Crippen LogP contribution in [0.2, 0.25) is 0 Å². The summed E-state index contributed by atoms with van der Waals surface area (Å²) in [4.78, 5) is 17.1. The summed E-state index contributed by atoms with van der Waals surface area (Å²) in [7, 11) is 0. The first-order valence-electron chi connectivity index (χ1n) is 9.81. The van der Waals surface area contributed by atoms with Crippen LogP contribution in [-0.2, 0) is 0 Å². The molecule has 0 atom stereocenters. The van der Waals surface area contributed by atoms with Gasteiger partial charge in [0.2, 0.25) is 0 Å². The lowest BCUT2D eigenvalue weighted by Crippen LogP contribution is -2.45. The highest BCUT2D eigenvalue weighted by molar-refractivity contribution is 7.17. The molecule has 1 saturated carbocycles. The molecule has 6 heteroatoms. The van der Waals surface area contributed by atoms with Crippen molar-refractivity contribution in [2.45, 2.75) is 37.8 Å². The van der Waals surface area contributed by atoms with Crippen LogP contribution in [-0.4, -0.2) is 49.2 Å². The van der Waals surface area contributed by atoms with E-state index in [4.69, 9.17) is 9.47 Å². The molecule has 27 heavy (non-hydrogen) atoms. The van der Waals surface area contributed by atoms with Crippen molar-refractivity contribution < 1.29 is 14.3 Å². The number of rotatable bonds is 4. The molecule has 1 aromatic heterocycles.